The average Bonchev–Trinajstić information content (AvgIpc) is 3.43. The van der Waals surface area contributed by atoms with Gasteiger partial charge in [-0.1, -0.05) is 6.58 Å². The van der Waals surface area contributed by atoms with Crippen LogP contribution in [0.4, 0.5) is 0 Å². The van der Waals surface area contributed by atoms with Crippen LogP contribution in [-0.2, 0) is 6.54 Å². The molecule has 170 valence electrons. The molecule has 2 heterocycles. The molecule has 1 saturated heterocycles. The van der Waals surface area contributed by atoms with Crippen molar-refractivity contribution in [1.82, 2.24) is 14.4 Å². The van der Waals surface area contributed by atoms with Gasteiger partial charge in [0, 0.05) is 56.3 Å². The van der Waals surface area contributed by atoms with Gasteiger partial charge in [-0.2, -0.15) is 0 Å². The monoisotopic (exact) mass is 429 g/mol. The number of hydrogen-bond acceptors (Lipinski definition) is 6. The van der Waals surface area contributed by atoms with E-state index >= 15 is 0 Å². The molecule has 0 aromatic carbocycles. The molecule has 9 heteroatoms. The lowest BCUT2D eigenvalue weighted by atomic mass is 9.95. The molecule has 6 N–H and O–H groups in total. The molecule has 2 unspecified atom stereocenters. The molecule has 3 aliphatic rings. The molecule has 2 bridgehead atoms. The SMILES string of the molecule is C=CN=C(N=CC)N1CCN(C(N)(N)CCCn2c(O)c3c(c2O)C2CCC3C2)CC1. The second-order valence-electron chi connectivity index (χ2n) is 8.90. The molecular weight excluding hydrogens is 394 g/mol. The van der Waals surface area contributed by atoms with Crippen molar-refractivity contribution in [3.8, 4) is 11.8 Å². The van der Waals surface area contributed by atoms with Crippen LogP contribution in [0.25, 0.3) is 0 Å². The zero-order chi connectivity index (χ0) is 22.2. The van der Waals surface area contributed by atoms with Gasteiger partial charge in [-0.25, -0.2) is 9.98 Å². The Morgan fingerprint density at radius 3 is 2.29 bits per heavy atom. The molecule has 1 aliphatic heterocycles. The van der Waals surface area contributed by atoms with Gasteiger partial charge in [0.2, 0.25) is 5.96 Å². The van der Waals surface area contributed by atoms with E-state index in [4.69, 9.17) is 11.5 Å². The number of piperazine rings is 1. The van der Waals surface area contributed by atoms with Crippen LogP contribution in [-0.4, -0.2) is 68.7 Å². The number of nitrogens with two attached hydrogens (primary N) is 2. The maximum absolute atomic E-state index is 10.7. The van der Waals surface area contributed by atoms with Gasteiger partial charge in [-0.3, -0.25) is 9.47 Å². The van der Waals surface area contributed by atoms with E-state index in [2.05, 4.69) is 26.4 Å². The first-order chi connectivity index (χ1) is 14.9. The average molecular weight is 430 g/mol. The van der Waals surface area contributed by atoms with E-state index in [9.17, 15) is 10.2 Å². The minimum Gasteiger partial charge on any atom is -0.494 e. The smallest absolute Gasteiger partial charge is 0.224 e. The molecule has 4 rings (SSSR count). The van der Waals surface area contributed by atoms with Crippen molar-refractivity contribution in [2.24, 2.45) is 21.5 Å². The Morgan fingerprint density at radius 2 is 1.74 bits per heavy atom. The zero-order valence-electron chi connectivity index (χ0n) is 18.4. The maximum Gasteiger partial charge on any atom is 0.224 e. The van der Waals surface area contributed by atoms with Gasteiger partial charge in [0.05, 0.1) is 0 Å². The topological polar surface area (TPSA) is 129 Å². The van der Waals surface area contributed by atoms with Gasteiger partial charge in [0.25, 0.3) is 0 Å². The number of aromatic nitrogens is 1. The normalized spacial score (nSPS) is 24.4. The Labute approximate surface area is 183 Å². The lowest BCUT2D eigenvalue weighted by Crippen LogP contribution is -2.67. The molecule has 1 aromatic rings. The molecule has 31 heavy (non-hydrogen) atoms. The van der Waals surface area contributed by atoms with Crippen LogP contribution in [0.5, 0.6) is 11.8 Å². The third-order valence-corrected chi connectivity index (χ3v) is 7.09. The molecule has 0 spiro atoms. The number of nitrogens with zero attached hydrogens (tertiary/aromatic N) is 5. The molecule has 0 radical (unpaired) electrons. The summed E-state index contributed by atoms with van der Waals surface area (Å²) in [6.45, 7) is 8.90. The van der Waals surface area contributed by atoms with Crippen molar-refractivity contribution in [2.75, 3.05) is 26.2 Å². The summed E-state index contributed by atoms with van der Waals surface area (Å²) in [5, 5.41) is 21.4. The van der Waals surface area contributed by atoms with E-state index in [1.807, 2.05) is 6.92 Å². The third kappa shape index (κ3) is 3.97. The highest BCUT2D eigenvalue weighted by Crippen LogP contribution is 2.59. The number of guanidine groups is 1. The fraction of sp³-hybridized carbons (Fsp3) is 0.636. The highest BCUT2D eigenvalue weighted by Gasteiger charge is 2.44. The van der Waals surface area contributed by atoms with Gasteiger partial charge in [0.1, 0.15) is 5.79 Å². The molecular formula is C22H35N7O2. The van der Waals surface area contributed by atoms with Crippen LogP contribution in [0, 0.1) is 0 Å². The van der Waals surface area contributed by atoms with E-state index in [1.54, 1.807) is 10.8 Å². The van der Waals surface area contributed by atoms with Crippen molar-refractivity contribution in [3.63, 3.8) is 0 Å². The highest BCUT2D eigenvalue weighted by atomic mass is 16.3. The standard InChI is InChI=1S/C22H35N7O2/c1-3-25-21(26-4-2)27-10-12-28(13-11-27)22(23,24)8-5-9-29-19(30)17-15-6-7-16(14-15)18(17)20(29)31/h3-4,15-16,30-31H,1,5-14,23-24H2,2H3. The first kappa shape index (κ1) is 21.9. The summed E-state index contributed by atoms with van der Waals surface area (Å²) >= 11 is 0. The Balaban J connectivity index is 1.33. The van der Waals surface area contributed by atoms with Gasteiger partial charge < -0.3 is 26.6 Å². The maximum atomic E-state index is 10.7. The molecule has 2 atom stereocenters. The van der Waals surface area contributed by atoms with Gasteiger partial charge in [-0.05, 0) is 50.9 Å². The number of fused-ring (bicyclic) bond motifs is 5. The second kappa shape index (κ2) is 8.64. The number of hydrogen-bond donors (Lipinski definition) is 4. The van der Waals surface area contributed by atoms with Crippen molar-refractivity contribution in [2.45, 2.75) is 63.2 Å². The quantitative estimate of drug-likeness (QED) is 0.310. The van der Waals surface area contributed by atoms with E-state index in [0.29, 0.717) is 50.3 Å². The van der Waals surface area contributed by atoms with Crippen LogP contribution in [0.1, 0.15) is 62.0 Å². The fourth-order valence-corrected chi connectivity index (χ4v) is 5.55. The number of aliphatic imine (C=N–C) groups is 2. The highest BCUT2D eigenvalue weighted by molar-refractivity contribution is 5.87. The molecule has 9 nitrogen and oxygen atoms in total. The summed E-state index contributed by atoms with van der Waals surface area (Å²) in [5.74, 6) is 0.973. The summed E-state index contributed by atoms with van der Waals surface area (Å²) in [5.41, 5.74) is 14.9. The Hall–Kier alpha value is -2.36. The predicted octanol–water partition coefficient (Wildman–Crippen LogP) is 1.82. The predicted molar refractivity (Wildman–Crippen MR) is 122 cm³/mol. The Morgan fingerprint density at radius 1 is 1.13 bits per heavy atom. The molecule has 1 aromatic heterocycles. The van der Waals surface area contributed by atoms with E-state index < -0.39 is 5.79 Å². The lowest BCUT2D eigenvalue weighted by molar-refractivity contribution is 0.0489. The van der Waals surface area contributed by atoms with E-state index in [1.165, 1.54) is 6.20 Å². The first-order valence-electron chi connectivity index (χ1n) is 11.3. The van der Waals surface area contributed by atoms with Crippen LogP contribution in [0.2, 0.25) is 0 Å². The lowest BCUT2D eigenvalue weighted by Gasteiger charge is -2.43. The van der Waals surface area contributed by atoms with Crippen molar-refractivity contribution >= 4 is 12.2 Å². The van der Waals surface area contributed by atoms with Crippen LogP contribution < -0.4 is 11.5 Å². The van der Waals surface area contributed by atoms with Crippen LogP contribution in [0.3, 0.4) is 0 Å². The van der Waals surface area contributed by atoms with Gasteiger partial charge >= 0.3 is 0 Å². The van der Waals surface area contributed by atoms with E-state index in [-0.39, 0.29) is 11.8 Å². The number of aromatic hydroxyl groups is 2. The number of rotatable bonds is 6. The zero-order valence-corrected chi connectivity index (χ0v) is 18.4. The molecule has 0 amide bonds. The van der Waals surface area contributed by atoms with Crippen LogP contribution in [0.15, 0.2) is 22.8 Å². The van der Waals surface area contributed by atoms with Crippen LogP contribution >= 0.6 is 0 Å². The summed E-state index contributed by atoms with van der Waals surface area (Å²) in [7, 11) is 0. The van der Waals surface area contributed by atoms with E-state index in [0.717, 1.165) is 43.5 Å². The minimum atomic E-state index is -0.948. The van der Waals surface area contributed by atoms with Gasteiger partial charge in [0.15, 0.2) is 11.8 Å². The largest absolute Gasteiger partial charge is 0.494 e. The summed E-state index contributed by atoms with van der Waals surface area (Å²) in [4.78, 5) is 12.7. The molecule has 2 fully saturated rings. The fourth-order valence-electron chi connectivity index (χ4n) is 5.55. The van der Waals surface area contributed by atoms with Gasteiger partial charge in [-0.15, -0.1) is 0 Å². The second-order valence-corrected chi connectivity index (χ2v) is 8.90. The Kier molecular flexibility index (Phi) is 6.09. The van der Waals surface area contributed by atoms with Crippen molar-refractivity contribution in [3.05, 3.63) is 23.9 Å². The molecule has 2 aliphatic carbocycles. The van der Waals surface area contributed by atoms with Crippen molar-refractivity contribution < 1.29 is 10.2 Å². The summed E-state index contributed by atoms with van der Waals surface area (Å²) in [6, 6.07) is 0. The van der Waals surface area contributed by atoms with Crippen molar-refractivity contribution in [1.29, 1.82) is 0 Å². The Bertz CT molecular complexity index is 847. The summed E-state index contributed by atoms with van der Waals surface area (Å²) < 4.78 is 1.64. The summed E-state index contributed by atoms with van der Waals surface area (Å²) in [6.07, 6.45) is 7.73. The minimum absolute atomic E-state index is 0.235. The third-order valence-electron chi connectivity index (χ3n) is 7.09. The molecule has 1 saturated carbocycles. The first-order valence-corrected chi connectivity index (χ1v) is 11.3.